The van der Waals surface area contributed by atoms with Gasteiger partial charge in [0.1, 0.15) is 0 Å². The van der Waals surface area contributed by atoms with Crippen molar-refractivity contribution in [1.82, 2.24) is 5.32 Å². The van der Waals surface area contributed by atoms with E-state index in [9.17, 15) is 4.79 Å². The molecule has 0 unspecified atom stereocenters. The molecule has 0 aromatic rings. The van der Waals surface area contributed by atoms with Crippen LogP contribution in [0.3, 0.4) is 0 Å². The van der Waals surface area contributed by atoms with Crippen LogP contribution in [0.25, 0.3) is 0 Å². The lowest BCUT2D eigenvalue weighted by molar-refractivity contribution is -0.132. The second-order valence-electron chi connectivity index (χ2n) is 3.33. The van der Waals surface area contributed by atoms with Gasteiger partial charge in [0.15, 0.2) is 0 Å². The molecule has 1 heterocycles. The van der Waals surface area contributed by atoms with Gasteiger partial charge in [-0.3, -0.25) is 4.79 Å². The molecule has 3 heteroatoms. The zero-order valence-electron chi connectivity index (χ0n) is 5.89. The van der Waals surface area contributed by atoms with Crippen molar-refractivity contribution in [1.29, 1.82) is 0 Å². The molecule has 0 bridgehead atoms. The topological polar surface area (TPSA) is 55.1 Å². The third-order valence-electron chi connectivity index (χ3n) is 2.89. The summed E-state index contributed by atoms with van der Waals surface area (Å²) in [5.41, 5.74) is 5.64. The summed E-state index contributed by atoms with van der Waals surface area (Å²) in [5.74, 6) is 0.186. The van der Waals surface area contributed by atoms with E-state index in [4.69, 9.17) is 5.73 Å². The van der Waals surface area contributed by atoms with Crippen LogP contribution in [0.1, 0.15) is 19.3 Å². The van der Waals surface area contributed by atoms with Crippen molar-refractivity contribution in [2.24, 2.45) is 11.1 Å². The van der Waals surface area contributed by atoms with Crippen LogP contribution >= 0.6 is 0 Å². The lowest BCUT2D eigenvalue weighted by atomic mass is 9.65. The standard InChI is InChI=1S/C7H12N2O/c8-5-4-9-6(10)7(5)2-1-3-7/h5H,1-4,8H2,(H,9,10)/t5-/m0/s1. The largest absolute Gasteiger partial charge is 0.354 e. The lowest BCUT2D eigenvalue weighted by Gasteiger charge is -2.38. The van der Waals surface area contributed by atoms with Crippen molar-refractivity contribution < 1.29 is 4.79 Å². The van der Waals surface area contributed by atoms with Gasteiger partial charge in [0.05, 0.1) is 5.41 Å². The summed E-state index contributed by atoms with van der Waals surface area (Å²) in [7, 11) is 0. The molecule has 1 amide bonds. The van der Waals surface area contributed by atoms with Gasteiger partial charge in [-0.25, -0.2) is 0 Å². The second kappa shape index (κ2) is 1.72. The third kappa shape index (κ3) is 0.515. The van der Waals surface area contributed by atoms with Crippen LogP contribution in [0.4, 0.5) is 0 Å². The number of carbonyl (C=O) groups excluding carboxylic acids is 1. The molecule has 0 aromatic heterocycles. The highest BCUT2D eigenvalue weighted by Gasteiger charge is 2.52. The Balaban J connectivity index is 2.23. The highest BCUT2D eigenvalue weighted by Crippen LogP contribution is 2.45. The Morgan fingerprint density at radius 2 is 2.30 bits per heavy atom. The van der Waals surface area contributed by atoms with Crippen LogP contribution in [0, 0.1) is 5.41 Å². The minimum Gasteiger partial charge on any atom is -0.354 e. The molecule has 2 rings (SSSR count). The molecule has 1 aliphatic carbocycles. The fraction of sp³-hybridized carbons (Fsp3) is 0.857. The molecule has 1 saturated heterocycles. The fourth-order valence-corrected chi connectivity index (χ4v) is 1.90. The van der Waals surface area contributed by atoms with Crippen molar-refractivity contribution >= 4 is 5.91 Å². The molecule has 56 valence electrons. The average molecular weight is 140 g/mol. The van der Waals surface area contributed by atoms with Gasteiger partial charge in [0.2, 0.25) is 5.91 Å². The zero-order valence-corrected chi connectivity index (χ0v) is 5.89. The van der Waals surface area contributed by atoms with E-state index in [1.807, 2.05) is 0 Å². The molecule has 1 saturated carbocycles. The zero-order chi connectivity index (χ0) is 7.19. The molecular formula is C7H12N2O. The SMILES string of the molecule is N[C@H]1CNC(=O)C12CCC2. The van der Waals surface area contributed by atoms with Gasteiger partial charge in [-0.2, -0.15) is 0 Å². The maximum Gasteiger partial charge on any atom is 0.227 e. The third-order valence-corrected chi connectivity index (χ3v) is 2.89. The number of nitrogens with one attached hydrogen (secondary N) is 1. The van der Waals surface area contributed by atoms with Crippen molar-refractivity contribution in [3.63, 3.8) is 0 Å². The molecule has 1 spiro atoms. The summed E-state index contributed by atoms with van der Waals surface area (Å²) in [6.07, 6.45) is 3.17. The van der Waals surface area contributed by atoms with Crippen LogP contribution < -0.4 is 11.1 Å². The van der Waals surface area contributed by atoms with E-state index < -0.39 is 0 Å². The summed E-state index contributed by atoms with van der Waals surface area (Å²) in [6, 6.07) is 0.0775. The van der Waals surface area contributed by atoms with Crippen molar-refractivity contribution in [3.05, 3.63) is 0 Å². The first-order chi connectivity index (χ1) is 4.76. The van der Waals surface area contributed by atoms with Crippen molar-refractivity contribution in [3.8, 4) is 0 Å². The molecule has 0 radical (unpaired) electrons. The van der Waals surface area contributed by atoms with Gasteiger partial charge < -0.3 is 11.1 Å². The van der Waals surface area contributed by atoms with Crippen molar-refractivity contribution in [2.75, 3.05) is 6.54 Å². The fourth-order valence-electron chi connectivity index (χ4n) is 1.90. The second-order valence-corrected chi connectivity index (χ2v) is 3.33. The van der Waals surface area contributed by atoms with E-state index in [1.54, 1.807) is 0 Å². The first-order valence-corrected chi connectivity index (χ1v) is 3.80. The molecule has 1 aliphatic heterocycles. The smallest absolute Gasteiger partial charge is 0.227 e. The maximum absolute atomic E-state index is 11.2. The number of rotatable bonds is 0. The predicted molar refractivity (Wildman–Crippen MR) is 37.3 cm³/mol. The molecule has 2 fully saturated rings. The van der Waals surface area contributed by atoms with Crippen LogP contribution in [-0.2, 0) is 4.79 Å². The van der Waals surface area contributed by atoms with Gasteiger partial charge in [-0.05, 0) is 12.8 Å². The lowest BCUT2D eigenvalue weighted by Crippen LogP contribution is -2.48. The van der Waals surface area contributed by atoms with Crippen LogP contribution in [-0.4, -0.2) is 18.5 Å². The molecule has 1 atom stereocenters. The van der Waals surface area contributed by atoms with Gasteiger partial charge in [0.25, 0.3) is 0 Å². The predicted octanol–water partition coefficient (Wildman–Crippen LogP) is -0.386. The summed E-state index contributed by atoms with van der Waals surface area (Å²) < 4.78 is 0. The summed E-state index contributed by atoms with van der Waals surface area (Å²) in [5, 5.41) is 2.80. The number of hydrogen-bond acceptors (Lipinski definition) is 2. The molecule has 2 aliphatic rings. The first kappa shape index (κ1) is 6.16. The van der Waals surface area contributed by atoms with E-state index in [2.05, 4.69) is 5.32 Å². The highest BCUT2D eigenvalue weighted by atomic mass is 16.2. The van der Waals surface area contributed by atoms with Gasteiger partial charge in [0, 0.05) is 12.6 Å². The first-order valence-electron chi connectivity index (χ1n) is 3.80. The summed E-state index contributed by atoms with van der Waals surface area (Å²) >= 11 is 0. The van der Waals surface area contributed by atoms with E-state index in [0.717, 1.165) is 12.8 Å². The Bertz CT molecular complexity index is 174. The normalized spacial score (nSPS) is 35.7. The van der Waals surface area contributed by atoms with Gasteiger partial charge in [-0.1, -0.05) is 6.42 Å². The molecule has 0 aromatic carbocycles. The van der Waals surface area contributed by atoms with E-state index in [1.165, 1.54) is 6.42 Å². The number of nitrogens with two attached hydrogens (primary N) is 1. The minimum absolute atomic E-state index is 0.0775. The number of amides is 1. The van der Waals surface area contributed by atoms with Crippen LogP contribution in [0.5, 0.6) is 0 Å². The molecular weight excluding hydrogens is 128 g/mol. The van der Waals surface area contributed by atoms with Crippen molar-refractivity contribution in [2.45, 2.75) is 25.3 Å². The summed E-state index contributed by atoms with van der Waals surface area (Å²) in [4.78, 5) is 11.2. The van der Waals surface area contributed by atoms with E-state index in [0.29, 0.717) is 6.54 Å². The molecule has 3 N–H and O–H groups in total. The Hall–Kier alpha value is -0.570. The quantitative estimate of drug-likeness (QED) is 0.481. The Kier molecular flexibility index (Phi) is 1.06. The van der Waals surface area contributed by atoms with E-state index >= 15 is 0 Å². The van der Waals surface area contributed by atoms with Crippen LogP contribution in [0.15, 0.2) is 0 Å². The maximum atomic E-state index is 11.2. The van der Waals surface area contributed by atoms with E-state index in [-0.39, 0.29) is 17.4 Å². The van der Waals surface area contributed by atoms with Gasteiger partial charge in [-0.15, -0.1) is 0 Å². The summed E-state index contributed by atoms with van der Waals surface area (Å²) in [6.45, 7) is 0.679. The number of carbonyl (C=O) groups is 1. The average Bonchev–Trinajstić information content (AvgIpc) is 2.06. The monoisotopic (exact) mass is 140 g/mol. The minimum atomic E-state index is -0.139. The Labute approximate surface area is 60.0 Å². The molecule has 10 heavy (non-hydrogen) atoms. The highest BCUT2D eigenvalue weighted by molar-refractivity contribution is 5.86. The molecule has 3 nitrogen and oxygen atoms in total. The number of hydrogen-bond donors (Lipinski definition) is 2. The van der Waals surface area contributed by atoms with Gasteiger partial charge >= 0.3 is 0 Å². The van der Waals surface area contributed by atoms with Crippen LogP contribution in [0.2, 0.25) is 0 Å². The Morgan fingerprint density at radius 1 is 1.60 bits per heavy atom. The Morgan fingerprint density at radius 3 is 2.50 bits per heavy atom.